The predicted molar refractivity (Wildman–Crippen MR) is 35.8 cm³/mol. The number of alkyl halides is 3. The highest BCUT2D eigenvalue weighted by molar-refractivity contribution is 5.63. The molecule has 0 aromatic carbocycles. The average Bonchev–Trinajstić information content (AvgIpc) is 2.33. The van der Waals surface area contributed by atoms with Gasteiger partial charge in [-0.3, -0.25) is 0 Å². The quantitative estimate of drug-likeness (QED) is 0.670. The Bertz CT molecular complexity index is 218. The molecular weight excluding hydrogens is 191 g/mol. The van der Waals surface area contributed by atoms with Gasteiger partial charge < -0.3 is 15.1 Å². The minimum Gasteiger partial charge on any atom is -0.396 e. The van der Waals surface area contributed by atoms with E-state index < -0.39 is 24.5 Å². The molecule has 7 heteroatoms. The van der Waals surface area contributed by atoms with Crippen LogP contribution in [0.5, 0.6) is 0 Å². The van der Waals surface area contributed by atoms with Crippen LogP contribution >= 0.6 is 0 Å². The molecule has 2 unspecified atom stereocenters. The summed E-state index contributed by atoms with van der Waals surface area (Å²) in [6, 6.07) is 0. The summed E-state index contributed by atoms with van der Waals surface area (Å²) in [5.41, 5.74) is 0. The summed E-state index contributed by atoms with van der Waals surface area (Å²) in [5, 5.41) is 20.4. The van der Waals surface area contributed by atoms with E-state index in [1.54, 1.807) is 0 Å². The van der Waals surface area contributed by atoms with Crippen LogP contribution in [0.4, 0.5) is 13.2 Å². The maximum absolute atomic E-state index is 12.2. The molecule has 2 N–H and O–H groups in total. The van der Waals surface area contributed by atoms with Gasteiger partial charge in [-0.15, -0.1) is 0 Å². The second kappa shape index (κ2) is 3.15. The van der Waals surface area contributed by atoms with Gasteiger partial charge in [0, 0.05) is 6.61 Å². The van der Waals surface area contributed by atoms with E-state index in [0.717, 1.165) is 6.21 Å². The summed E-state index contributed by atoms with van der Waals surface area (Å²) in [6.45, 7) is -0.474. The molecule has 1 aliphatic heterocycles. The first-order valence-electron chi connectivity index (χ1n) is 3.53. The molecule has 76 valence electrons. The van der Waals surface area contributed by atoms with Crippen molar-refractivity contribution in [3.8, 4) is 0 Å². The monoisotopic (exact) mass is 199 g/mol. The molecule has 1 heterocycles. The summed E-state index contributed by atoms with van der Waals surface area (Å²) in [6.07, 6.45) is -4.33. The molecule has 2 atom stereocenters. The molecular formula is C6H8F3NO3. The van der Waals surface area contributed by atoms with E-state index in [0.29, 0.717) is 0 Å². The van der Waals surface area contributed by atoms with Gasteiger partial charge in [0.1, 0.15) is 0 Å². The van der Waals surface area contributed by atoms with Crippen LogP contribution < -0.4 is 0 Å². The number of halogens is 3. The lowest BCUT2D eigenvalue weighted by Gasteiger charge is -2.27. The van der Waals surface area contributed by atoms with E-state index in [1.807, 2.05) is 0 Å². The van der Waals surface area contributed by atoms with E-state index in [2.05, 4.69) is 9.99 Å². The fraction of sp³-hybridized carbons (Fsp3) is 0.833. The first-order chi connectivity index (χ1) is 5.92. The Morgan fingerprint density at radius 1 is 1.54 bits per heavy atom. The summed E-state index contributed by atoms with van der Waals surface area (Å²) in [5.74, 6) is -4.63. The molecule has 0 amide bonds. The van der Waals surface area contributed by atoms with Gasteiger partial charge in [-0.1, -0.05) is 5.16 Å². The third kappa shape index (κ3) is 1.61. The zero-order valence-electron chi connectivity index (χ0n) is 6.45. The standard InChI is InChI=1S/C6H8F3NO3/c7-6(8,9)5(12)4(1-2-11)3-10-13-5/h3-4,11-12H,1-2H2. The first-order valence-corrected chi connectivity index (χ1v) is 3.53. The van der Waals surface area contributed by atoms with Gasteiger partial charge in [-0.2, -0.15) is 13.2 Å². The lowest BCUT2D eigenvalue weighted by molar-refractivity contribution is -0.370. The fourth-order valence-electron chi connectivity index (χ4n) is 1.02. The van der Waals surface area contributed by atoms with E-state index >= 15 is 0 Å². The van der Waals surface area contributed by atoms with E-state index in [4.69, 9.17) is 10.2 Å². The Labute approximate surface area is 71.6 Å². The number of oxime groups is 1. The van der Waals surface area contributed by atoms with Gasteiger partial charge in [0.15, 0.2) is 0 Å². The van der Waals surface area contributed by atoms with Gasteiger partial charge >= 0.3 is 12.0 Å². The lowest BCUT2D eigenvalue weighted by atomic mass is 9.97. The molecule has 0 saturated carbocycles. The maximum atomic E-state index is 12.2. The van der Waals surface area contributed by atoms with Crippen LogP contribution in [0, 0.1) is 5.92 Å². The molecule has 1 aliphatic rings. The highest BCUT2D eigenvalue weighted by Gasteiger charge is 2.63. The van der Waals surface area contributed by atoms with Crippen molar-refractivity contribution >= 4 is 6.21 Å². The van der Waals surface area contributed by atoms with Crippen LogP contribution in [0.3, 0.4) is 0 Å². The molecule has 0 radical (unpaired) electrons. The van der Waals surface area contributed by atoms with Crippen molar-refractivity contribution in [1.82, 2.24) is 0 Å². The van der Waals surface area contributed by atoms with Gasteiger partial charge in [-0.05, 0) is 6.42 Å². The van der Waals surface area contributed by atoms with E-state index in [-0.39, 0.29) is 6.42 Å². The van der Waals surface area contributed by atoms with Crippen molar-refractivity contribution in [3.05, 3.63) is 0 Å². The van der Waals surface area contributed by atoms with Gasteiger partial charge in [-0.25, -0.2) is 0 Å². The van der Waals surface area contributed by atoms with Crippen molar-refractivity contribution in [2.24, 2.45) is 11.1 Å². The molecule has 0 spiro atoms. The van der Waals surface area contributed by atoms with Gasteiger partial charge in [0.25, 0.3) is 0 Å². The minimum absolute atomic E-state index is 0.250. The summed E-state index contributed by atoms with van der Waals surface area (Å²) < 4.78 is 36.5. The highest BCUT2D eigenvalue weighted by atomic mass is 19.4. The Morgan fingerprint density at radius 2 is 2.15 bits per heavy atom. The molecule has 13 heavy (non-hydrogen) atoms. The molecule has 0 aromatic rings. The van der Waals surface area contributed by atoms with Crippen molar-refractivity contribution in [2.45, 2.75) is 18.4 Å². The molecule has 0 saturated heterocycles. The van der Waals surface area contributed by atoms with Crippen LogP contribution in [0.2, 0.25) is 0 Å². The Balaban J connectivity index is 2.79. The van der Waals surface area contributed by atoms with Gasteiger partial charge in [0.05, 0.1) is 12.1 Å². The second-order valence-electron chi connectivity index (χ2n) is 2.66. The minimum atomic E-state index is -4.91. The van der Waals surface area contributed by atoms with Crippen LogP contribution in [0.1, 0.15) is 6.42 Å². The topological polar surface area (TPSA) is 62.1 Å². The third-order valence-electron chi connectivity index (χ3n) is 1.78. The Morgan fingerprint density at radius 3 is 2.62 bits per heavy atom. The molecule has 0 aromatic heterocycles. The Kier molecular flexibility index (Phi) is 2.49. The van der Waals surface area contributed by atoms with Crippen LogP contribution in [-0.2, 0) is 4.84 Å². The van der Waals surface area contributed by atoms with Crippen molar-refractivity contribution in [1.29, 1.82) is 0 Å². The number of hydrogen-bond acceptors (Lipinski definition) is 4. The van der Waals surface area contributed by atoms with Crippen molar-refractivity contribution < 1.29 is 28.2 Å². The predicted octanol–water partition coefficient (Wildman–Crippen LogP) is 0.252. The first kappa shape index (κ1) is 10.3. The number of hydrogen-bond donors (Lipinski definition) is 2. The smallest absolute Gasteiger partial charge is 0.396 e. The van der Waals surface area contributed by atoms with E-state index in [1.165, 1.54) is 0 Å². The fourth-order valence-corrected chi connectivity index (χ4v) is 1.02. The average molecular weight is 199 g/mol. The SMILES string of the molecule is OCCC1C=NOC1(O)C(F)(F)F. The lowest BCUT2D eigenvalue weighted by Crippen LogP contribution is -2.50. The number of nitrogens with zero attached hydrogens (tertiary/aromatic N) is 1. The molecule has 0 fully saturated rings. The summed E-state index contributed by atoms with van der Waals surface area (Å²) in [4.78, 5) is 3.86. The molecule has 4 nitrogen and oxygen atoms in total. The molecule has 0 bridgehead atoms. The largest absolute Gasteiger partial charge is 0.458 e. The second-order valence-corrected chi connectivity index (χ2v) is 2.66. The molecule has 0 aliphatic carbocycles. The third-order valence-corrected chi connectivity index (χ3v) is 1.78. The van der Waals surface area contributed by atoms with Crippen LogP contribution in [0.25, 0.3) is 0 Å². The number of aliphatic hydroxyl groups is 2. The molecule has 1 rings (SSSR count). The zero-order chi connectivity index (χ0) is 10.1. The summed E-state index contributed by atoms with van der Waals surface area (Å²) >= 11 is 0. The number of aliphatic hydroxyl groups excluding tert-OH is 1. The van der Waals surface area contributed by atoms with Gasteiger partial charge in [0.2, 0.25) is 0 Å². The van der Waals surface area contributed by atoms with Crippen LogP contribution in [0.15, 0.2) is 5.16 Å². The zero-order valence-corrected chi connectivity index (χ0v) is 6.45. The normalized spacial score (nSPS) is 33.5. The Hall–Kier alpha value is -0.820. The number of rotatable bonds is 2. The van der Waals surface area contributed by atoms with Crippen molar-refractivity contribution in [2.75, 3.05) is 6.61 Å². The summed E-state index contributed by atoms with van der Waals surface area (Å²) in [7, 11) is 0. The highest BCUT2D eigenvalue weighted by Crippen LogP contribution is 2.40. The maximum Gasteiger partial charge on any atom is 0.458 e. The van der Waals surface area contributed by atoms with E-state index in [9.17, 15) is 13.2 Å². The van der Waals surface area contributed by atoms with Crippen LogP contribution in [-0.4, -0.2) is 35.0 Å². The van der Waals surface area contributed by atoms with Crippen molar-refractivity contribution in [3.63, 3.8) is 0 Å².